The highest BCUT2D eigenvalue weighted by Gasteiger charge is 2.30. The van der Waals surface area contributed by atoms with Crippen LogP contribution >= 0.6 is 0 Å². The fourth-order valence-corrected chi connectivity index (χ4v) is 1.85. The summed E-state index contributed by atoms with van der Waals surface area (Å²) < 4.78 is 47.7. The highest BCUT2D eigenvalue weighted by molar-refractivity contribution is 5.72. The molecular formula is C15H13F3O4. The first-order chi connectivity index (χ1) is 10.4. The van der Waals surface area contributed by atoms with Crippen molar-refractivity contribution in [3.63, 3.8) is 0 Å². The summed E-state index contributed by atoms with van der Waals surface area (Å²) in [4.78, 5) is 11.2. The van der Waals surface area contributed by atoms with Gasteiger partial charge in [0, 0.05) is 12.8 Å². The average Bonchev–Trinajstić information content (AvgIpc) is 2.96. The molecule has 0 spiro atoms. The maximum Gasteiger partial charge on any atom is 0.416 e. The first kappa shape index (κ1) is 15.9. The fourth-order valence-electron chi connectivity index (χ4n) is 1.85. The molecular weight excluding hydrogens is 301 g/mol. The van der Waals surface area contributed by atoms with Gasteiger partial charge in [0.15, 0.2) is 6.10 Å². The van der Waals surface area contributed by atoms with Gasteiger partial charge >= 0.3 is 12.1 Å². The van der Waals surface area contributed by atoms with Crippen molar-refractivity contribution in [1.82, 2.24) is 0 Å². The van der Waals surface area contributed by atoms with Gasteiger partial charge in [0.1, 0.15) is 11.5 Å². The lowest BCUT2D eigenvalue weighted by atomic mass is 10.1. The lowest BCUT2D eigenvalue weighted by Crippen LogP contribution is -2.27. The van der Waals surface area contributed by atoms with Crippen LogP contribution in [-0.2, 0) is 17.4 Å². The molecule has 1 unspecified atom stereocenters. The summed E-state index contributed by atoms with van der Waals surface area (Å²) in [5, 5.41) is 9.11. The molecule has 1 N–H and O–H groups in total. The Morgan fingerprint density at radius 1 is 1.23 bits per heavy atom. The van der Waals surface area contributed by atoms with Crippen LogP contribution in [0.15, 0.2) is 47.1 Å². The SMILES string of the molecule is O=C(O)C(CCc1ccco1)Oc1ccc(C(F)(F)F)cc1. The Bertz CT molecular complexity index is 603. The normalized spacial score (nSPS) is 12.9. The molecule has 1 aromatic carbocycles. The summed E-state index contributed by atoms with van der Waals surface area (Å²) in [7, 11) is 0. The number of rotatable bonds is 6. The molecule has 7 heteroatoms. The lowest BCUT2D eigenvalue weighted by Gasteiger charge is -2.15. The van der Waals surface area contributed by atoms with Crippen molar-refractivity contribution in [1.29, 1.82) is 0 Å². The molecule has 0 bridgehead atoms. The molecule has 22 heavy (non-hydrogen) atoms. The number of carbonyl (C=O) groups is 1. The molecule has 2 rings (SSSR count). The molecule has 0 radical (unpaired) electrons. The zero-order valence-corrected chi connectivity index (χ0v) is 11.3. The molecule has 0 saturated heterocycles. The van der Waals surface area contributed by atoms with Crippen molar-refractivity contribution in [2.24, 2.45) is 0 Å². The number of aliphatic carboxylic acids is 1. The second kappa shape index (κ2) is 6.55. The number of furan rings is 1. The molecule has 0 saturated carbocycles. The van der Waals surface area contributed by atoms with Gasteiger partial charge in [0.25, 0.3) is 0 Å². The van der Waals surface area contributed by atoms with Crippen molar-refractivity contribution in [3.05, 3.63) is 54.0 Å². The molecule has 0 fully saturated rings. The van der Waals surface area contributed by atoms with Crippen molar-refractivity contribution in [2.75, 3.05) is 0 Å². The third-order valence-corrected chi connectivity index (χ3v) is 2.97. The van der Waals surface area contributed by atoms with Gasteiger partial charge in [-0.05, 0) is 36.4 Å². The number of hydrogen-bond donors (Lipinski definition) is 1. The average molecular weight is 314 g/mol. The fraction of sp³-hybridized carbons (Fsp3) is 0.267. The largest absolute Gasteiger partial charge is 0.479 e. The Hall–Kier alpha value is -2.44. The molecule has 1 atom stereocenters. The number of benzene rings is 1. The maximum atomic E-state index is 12.4. The molecule has 0 amide bonds. The van der Waals surface area contributed by atoms with Crippen LogP contribution in [0.2, 0.25) is 0 Å². The smallest absolute Gasteiger partial charge is 0.416 e. The van der Waals surface area contributed by atoms with E-state index in [9.17, 15) is 18.0 Å². The number of halogens is 3. The number of ether oxygens (including phenoxy) is 1. The van der Waals surface area contributed by atoms with Crippen LogP contribution in [0.1, 0.15) is 17.7 Å². The van der Waals surface area contributed by atoms with Gasteiger partial charge in [0.05, 0.1) is 11.8 Å². The zero-order chi connectivity index (χ0) is 16.2. The predicted octanol–water partition coefficient (Wildman–Crippen LogP) is 3.76. The van der Waals surface area contributed by atoms with Crippen LogP contribution in [0.5, 0.6) is 5.75 Å². The zero-order valence-electron chi connectivity index (χ0n) is 11.3. The van der Waals surface area contributed by atoms with Crippen LogP contribution in [0.25, 0.3) is 0 Å². The highest BCUT2D eigenvalue weighted by Crippen LogP contribution is 2.30. The Balaban J connectivity index is 2.00. The Kier molecular flexibility index (Phi) is 4.75. The van der Waals surface area contributed by atoms with Crippen molar-refractivity contribution in [3.8, 4) is 5.75 Å². The van der Waals surface area contributed by atoms with Crippen LogP contribution < -0.4 is 4.74 Å². The minimum absolute atomic E-state index is 0.0693. The number of aryl methyl sites for hydroxylation is 1. The van der Waals surface area contributed by atoms with Crippen LogP contribution in [0.4, 0.5) is 13.2 Å². The second-order valence-electron chi connectivity index (χ2n) is 4.58. The van der Waals surface area contributed by atoms with Gasteiger partial charge in [-0.15, -0.1) is 0 Å². The minimum Gasteiger partial charge on any atom is -0.479 e. The molecule has 4 nitrogen and oxygen atoms in total. The number of alkyl halides is 3. The summed E-state index contributed by atoms with van der Waals surface area (Å²) in [6, 6.07) is 7.29. The van der Waals surface area contributed by atoms with Crippen LogP contribution in [0, 0.1) is 0 Å². The molecule has 0 aliphatic carbocycles. The third kappa shape index (κ3) is 4.28. The van der Waals surface area contributed by atoms with Gasteiger partial charge in [0.2, 0.25) is 0 Å². The van der Waals surface area contributed by atoms with E-state index < -0.39 is 23.8 Å². The van der Waals surface area contributed by atoms with E-state index in [0.29, 0.717) is 12.2 Å². The topological polar surface area (TPSA) is 59.7 Å². The lowest BCUT2D eigenvalue weighted by molar-refractivity contribution is -0.145. The quantitative estimate of drug-likeness (QED) is 0.882. The molecule has 2 aromatic rings. The summed E-state index contributed by atoms with van der Waals surface area (Å²) in [5.74, 6) is -0.506. The maximum absolute atomic E-state index is 12.4. The summed E-state index contributed by atoms with van der Waals surface area (Å²) >= 11 is 0. The van der Waals surface area contributed by atoms with Gasteiger partial charge in [-0.25, -0.2) is 4.79 Å². The van der Waals surface area contributed by atoms with E-state index in [-0.39, 0.29) is 12.2 Å². The summed E-state index contributed by atoms with van der Waals surface area (Å²) in [6.45, 7) is 0. The van der Waals surface area contributed by atoms with E-state index in [2.05, 4.69) is 0 Å². The Morgan fingerprint density at radius 2 is 1.91 bits per heavy atom. The van der Waals surface area contributed by atoms with E-state index in [1.54, 1.807) is 12.1 Å². The van der Waals surface area contributed by atoms with E-state index in [4.69, 9.17) is 14.3 Å². The number of carboxylic acid groups (broad SMARTS) is 1. The summed E-state index contributed by atoms with van der Waals surface area (Å²) in [5.41, 5.74) is -0.817. The Morgan fingerprint density at radius 3 is 2.41 bits per heavy atom. The van der Waals surface area contributed by atoms with Gasteiger partial charge in [-0.1, -0.05) is 0 Å². The van der Waals surface area contributed by atoms with Crippen molar-refractivity contribution >= 4 is 5.97 Å². The molecule has 0 aliphatic rings. The van der Waals surface area contributed by atoms with Gasteiger partial charge < -0.3 is 14.3 Å². The van der Waals surface area contributed by atoms with Crippen molar-refractivity contribution in [2.45, 2.75) is 25.1 Å². The first-order valence-electron chi connectivity index (χ1n) is 6.45. The molecule has 1 heterocycles. The third-order valence-electron chi connectivity index (χ3n) is 2.97. The standard InChI is InChI=1S/C15H13F3O4/c16-15(17,18)10-3-5-12(6-4-10)22-13(14(19)20)8-7-11-2-1-9-21-11/h1-6,9,13H,7-8H2,(H,19,20). The molecule has 118 valence electrons. The van der Waals surface area contributed by atoms with Crippen molar-refractivity contribution < 1.29 is 32.2 Å². The van der Waals surface area contributed by atoms with Crippen LogP contribution in [0.3, 0.4) is 0 Å². The summed E-state index contributed by atoms with van der Waals surface area (Å²) in [6.07, 6.45) is -3.64. The monoisotopic (exact) mass is 314 g/mol. The van der Waals surface area contributed by atoms with E-state index in [1.165, 1.54) is 6.26 Å². The second-order valence-corrected chi connectivity index (χ2v) is 4.58. The highest BCUT2D eigenvalue weighted by atomic mass is 19.4. The minimum atomic E-state index is -4.44. The van der Waals surface area contributed by atoms with E-state index in [1.807, 2.05) is 0 Å². The van der Waals surface area contributed by atoms with E-state index in [0.717, 1.165) is 24.3 Å². The Labute approximate surface area is 124 Å². The van der Waals surface area contributed by atoms with E-state index >= 15 is 0 Å². The van der Waals surface area contributed by atoms with Gasteiger partial charge in [-0.2, -0.15) is 13.2 Å². The van der Waals surface area contributed by atoms with Crippen LogP contribution in [-0.4, -0.2) is 17.2 Å². The number of hydrogen-bond acceptors (Lipinski definition) is 3. The molecule has 0 aliphatic heterocycles. The first-order valence-corrected chi connectivity index (χ1v) is 6.45. The van der Waals surface area contributed by atoms with Gasteiger partial charge in [-0.3, -0.25) is 0 Å². The number of carboxylic acids is 1. The molecule has 1 aromatic heterocycles. The predicted molar refractivity (Wildman–Crippen MR) is 70.5 cm³/mol.